The molecule has 2 nitrogen and oxygen atoms in total. The van der Waals surface area contributed by atoms with Crippen LogP contribution >= 0.6 is 15.9 Å². The second-order valence-corrected chi connectivity index (χ2v) is 5.47. The van der Waals surface area contributed by atoms with Gasteiger partial charge in [0.15, 0.2) is 0 Å². The highest BCUT2D eigenvalue weighted by Crippen LogP contribution is 2.30. The first kappa shape index (κ1) is 15.5. The number of rotatable bonds is 8. The molecule has 1 aromatic rings. The summed E-state index contributed by atoms with van der Waals surface area (Å²) in [6, 6.07) is 5.76. The Bertz CT molecular complexity index is 352. The van der Waals surface area contributed by atoms with Gasteiger partial charge in [-0.05, 0) is 34.3 Å². The first-order chi connectivity index (χ1) is 8.72. The number of hydrogen-bond donors (Lipinski definition) is 1. The summed E-state index contributed by atoms with van der Waals surface area (Å²) in [7, 11) is 0. The molecule has 1 N–H and O–H groups in total. The van der Waals surface area contributed by atoms with Crippen molar-refractivity contribution < 1.29 is 9.84 Å². The zero-order chi connectivity index (χ0) is 13.4. The molecule has 0 saturated heterocycles. The number of halogens is 1. The van der Waals surface area contributed by atoms with Crippen LogP contribution in [0.25, 0.3) is 0 Å². The van der Waals surface area contributed by atoms with Crippen molar-refractivity contribution in [2.75, 3.05) is 6.61 Å². The van der Waals surface area contributed by atoms with Crippen LogP contribution in [0.15, 0.2) is 22.7 Å². The predicted molar refractivity (Wildman–Crippen MR) is 78.9 cm³/mol. The Morgan fingerprint density at radius 1 is 1.33 bits per heavy atom. The van der Waals surface area contributed by atoms with Crippen molar-refractivity contribution >= 4 is 15.9 Å². The fraction of sp³-hybridized carbons (Fsp3) is 0.600. The normalized spacial score (nSPS) is 12.4. The third-order valence-electron chi connectivity index (χ3n) is 3.23. The number of para-hydroxylation sites is 1. The maximum atomic E-state index is 9.31. The average Bonchev–Trinajstić information content (AvgIpc) is 2.40. The highest BCUT2D eigenvalue weighted by molar-refractivity contribution is 9.10. The molecule has 0 amide bonds. The summed E-state index contributed by atoms with van der Waals surface area (Å²) >= 11 is 3.48. The predicted octanol–water partition coefficient (Wildman–Crippen LogP) is 4.54. The SMILES string of the molecule is CCCCC(CC)COc1c(Br)cccc1CO. The van der Waals surface area contributed by atoms with Crippen molar-refractivity contribution in [3.8, 4) is 5.75 Å². The van der Waals surface area contributed by atoms with E-state index in [1.54, 1.807) is 0 Å². The standard InChI is InChI=1S/C15H23BrO2/c1-3-5-7-12(4-2)11-18-15-13(10-17)8-6-9-14(15)16/h6,8-9,12,17H,3-5,7,10-11H2,1-2H3. The smallest absolute Gasteiger partial charge is 0.138 e. The highest BCUT2D eigenvalue weighted by Gasteiger charge is 2.11. The second-order valence-electron chi connectivity index (χ2n) is 4.61. The number of unbranched alkanes of at least 4 members (excludes halogenated alkanes) is 1. The first-order valence-corrected chi connectivity index (χ1v) is 7.53. The van der Waals surface area contributed by atoms with Crippen LogP contribution in [0.5, 0.6) is 5.75 Å². The zero-order valence-corrected chi connectivity index (χ0v) is 12.9. The van der Waals surface area contributed by atoms with Crippen molar-refractivity contribution in [2.24, 2.45) is 5.92 Å². The molecule has 0 heterocycles. The lowest BCUT2D eigenvalue weighted by atomic mass is 10.0. The van der Waals surface area contributed by atoms with E-state index >= 15 is 0 Å². The number of benzene rings is 1. The summed E-state index contributed by atoms with van der Waals surface area (Å²) in [6.45, 7) is 5.16. The lowest BCUT2D eigenvalue weighted by Crippen LogP contribution is -2.12. The van der Waals surface area contributed by atoms with Crippen molar-refractivity contribution in [2.45, 2.75) is 46.1 Å². The van der Waals surface area contributed by atoms with Crippen molar-refractivity contribution in [3.63, 3.8) is 0 Å². The van der Waals surface area contributed by atoms with Gasteiger partial charge < -0.3 is 9.84 Å². The van der Waals surface area contributed by atoms with E-state index in [1.807, 2.05) is 18.2 Å². The molecule has 1 unspecified atom stereocenters. The number of aliphatic hydroxyl groups excluding tert-OH is 1. The lowest BCUT2D eigenvalue weighted by molar-refractivity contribution is 0.220. The van der Waals surface area contributed by atoms with Crippen LogP contribution in [0.2, 0.25) is 0 Å². The van der Waals surface area contributed by atoms with Gasteiger partial charge in [-0.1, -0.05) is 45.2 Å². The van der Waals surface area contributed by atoms with Gasteiger partial charge in [-0.2, -0.15) is 0 Å². The van der Waals surface area contributed by atoms with Crippen LogP contribution in [0.4, 0.5) is 0 Å². The van der Waals surface area contributed by atoms with Crippen molar-refractivity contribution in [1.82, 2.24) is 0 Å². The Morgan fingerprint density at radius 3 is 2.72 bits per heavy atom. The van der Waals surface area contributed by atoms with Crippen molar-refractivity contribution in [3.05, 3.63) is 28.2 Å². The van der Waals surface area contributed by atoms with Gasteiger partial charge in [-0.25, -0.2) is 0 Å². The van der Waals surface area contributed by atoms with Gasteiger partial charge in [-0.3, -0.25) is 0 Å². The van der Waals surface area contributed by atoms with Crippen LogP contribution in [-0.4, -0.2) is 11.7 Å². The lowest BCUT2D eigenvalue weighted by Gasteiger charge is -2.18. The molecule has 102 valence electrons. The van der Waals surface area contributed by atoms with E-state index in [1.165, 1.54) is 19.3 Å². The fourth-order valence-corrected chi connectivity index (χ4v) is 2.46. The number of aliphatic hydroxyl groups is 1. The minimum atomic E-state index is 0.0144. The highest BCUT2D eigenvalue weighted by atomic mass is 79.9. The quantitative estimate of drug-likeness (QED) is 0.763. The Labute approximate surface area is 118 Å². The Morgan fingerprint density at radius 2 is 2.11 bits per heavy atom. The van der Waals surface area contributed by atoms with Gasteiger partial charge in [0.05, 0.1) is 17.7 Å². The number of hydrogen-bond acceptors (Lipinski definition) is 2. The number of ether oxygens (including phenoxy) is 1. The van der Waals surface area contributed by atoms with E-state index in [2.05, 4.69) is 29.8 Å². The Balaban J connectivity index is 2.61. The third-order valence-corrected chi connectivity index (χ3v) is 3.85. The molecule has 0 aliphatic rings. The van der Waals surface area contributed by atoms with Gasteiger partial charge in [0.2, 0.25) is 0 Å². The van der Waals surface area contributed by atoms with Crippen LogP contribution in [0, 0.1) is 5.92 Å². The van der Waals surface area contributed by atoms with E-state index in [0.29, 0.717) is 5.92 Å². The van der Waals surface area contributed by atoms with Gasteiger partial charge in [0.25, 0.3) is 0 Å². The van der Waals surface area contributed by atoms with Gasteiger partial charge in [0, 0.05) is 5.56 Å². The van der Waals surface area contributed by atoms with E-state index < -0.39 is 0 Å². The monoisotopic (exact) mass is 314 g/mol. The molecule has 0 fully saturated rings. The molecule has 1 rings (SSSR count). The van der Waals surface area contributed by atoms with Crippen LogP contribution in [0.3, 0.4) is 0 Å². The molecule has 18 heavy (non-hydrogen) atoms. The molecule has 3 heteroatoms. The van der Waals surface area contributed by atoms with Gasteiger partial charge in [0.1, 0.15) is 5.75 Å². The van der Waals surface area contributed by atoms with Crippen LogP contribution in [-0.2, 0) is 6.61 Å². The minimum absolute atomic E-state index is 0.0144. The third kappa shape index (κ3) is 4.62. The second kappa shape index (κ2) is 8.54. The maximum absolute atomic E-state index is 9.31. The topological polar surface area (TPSA) is 29.5 Å². The molecular formula is C15H23BrO2. The summed E-state index contributed by atoms with van der Waals surface area (Å²) in [5.41, 5.74) is 0.842. The Hall–Kier alpha value is -0.540. The molecule has 0 aliphatic heterocycles. The molecule has 0 spiro atoms. The molecule has 0 saturated carbocycles. The summed E-state index contributed by atoms with van der Waals surface area (Å²) < 4.78 is 6.82. The van der Waals surface area contributed by atoms with E-state index in [0.717, 1.165) is 28.8 Å². The summed E-state index contributed by atoms with van der Waals surface area (Å²) in [5, 5.41) is 9.31. The van der Waals surface area contributed by atoms with Gasteiger partial charge in [-0.15, -0.1) is 0 Å². The molecule has 1 aromatic carbocycles. The summed E-state index contributed by atoms with van der Waals surface area (Å²) in [6.07, 6.45) is 4.84. The first-order valence-electron chi connectivity index (χ1n) is 6.73. The zero-order valence-electron chi connectivity index (χ0n) is 11.3. The Kier molecular flexibility index (Phi) is 7.36. The van der Waals surface area contributed by atoms with E-state index in [9.17, 15) is 5.11 Å². The summed E-state index contributed by atoms with van der Waals surface area (Å²) in [4.78, 5) is 0. The molecule has 0 aliphatic carbocycles. The van der Waals surface area contributed by atoms with Crippen molar-refractivity contribution in [1.29, 1.82) is 0 Å². The molecule has 0 aromatic heterocycles. The molecule has 0 bridgehead atoms. The van der Waals surface area contributed by atoms with E-state index in [4.69, 9.17) is 4.74 Å². The molecular weight excluding hydrogens is 292 g/mol. The molecule has 0 radical (unpaired) electrons. The minimum Gasteiger partial charge on any atom is -0.492 e. The molecule has 1 atom stereocenters. The largest absolute Gasteiger partial charge is 0.492 e. The maximum Gasteiger partial charge on any atom is 0.138 e. The average molecular weight is 315 g/mol. The fourth-order valence-electron chi connectivity index (χ4n) is 1.94. The summed E-state index contributed by atoms with van der Waals surface area (Å²) in [5.74, 6) is 1.39. The van der Waals surface area contributed by atoms with Crippen LogP contribution in [0.1, 0.15) is 45.1 Å². The van der Waals surface area contributed by atoms with Crippen LogP contribution < -0.4 is 4.74 Å². The van der Waals surface area contributed by atoms with E-state index in [-0.39, 0.29) is 6.61 Å². The van der Waals surface area contributed by atoms with Gasteiger partial charge >= 0.3 is 0 Å².